The molecule has 156 valence electrons. The molecule has 0 amide bonds. The number of H-pyrrole nitrogens is 1. The van der Waals surface area contributed by atoms with Gasteiger partial charge in [0, 0.05) is 48.4 Å². The van der Waals surface area contributed by atoms with Gasteiger partial charge in [0.25, 0.3) is 0 Å². The minimum absolute atomic E-state index is 0.0687. The Morgan fingerprint density at radius 1 is 1.10 bits per heavy atom. The second kappa shape index (κ2) is 8.66. The Balaban J connectivity index is 1.19. The van der Waals surface area contributed by atoms with E-state index in [0.29, 0.717) is 6.54 Å². The van der Waals surface area contributed by atoms with Crippen LogP contribution in [-0.4, -0.2) is 42.5 Å². The minimum atomic E-state index is -0.0687. The van der Waals surface area contributed by atoms with E-state index in [1.54, 1.807) is 6.20 Å². The number of nitrogens with zero attached hydrogens (tertiary/aromatic N) is 5. The summed E-state index contributed by atoms with van der Waals surface area (Å²) >= 11 is 1.51. The van der Waals surface area contributed by atoms with Crippen LogP contribution in [0.25, 0.3) is 21.5 Å². The first-order valence-electron chi connectivity index (χ1n) is 10.0. The molecule has 1 unspecified atom stereocenters. The number of nitrogens with two attached hydrogens (primary N) is 1. The molecular weight excluding hydrogens is 408 g/mol. The molecule has 0 aliphatic carbocycles. The summed E-state index contributed by atoms with van der Waals surface area (Å²) in [5.41, 5.74) is 10.8. The van der Waals surface area contributed by atoms with Gasteiger partial charge in [-0.25, -0.2) is 4.98 Å². The number of hydrogen-bond donors (Lipinski definition) is 3. The number of benzene rings is 2. The van der Waals surface area contributed by atoms with Gasteiger partial charge in [-0.15, -0.1) is 10.2 Å². The molecule has 0 saturated carbocycles. The molecule has 5 rings (SSSR count). The molecule has 2 aromatic carbocycles. The van der Waals surface area contributed by atoms with E-state index in [1.807, 2.05) is 42.9 Å². The molecule has 0 bridgehead atoms. The zero-order chi connectivity index (χ0) is 21.0. The summed E-state index contributed by atoms with van der Waals surface area (Å²) in [5.74, 6) is 0. The van der Waals surface area contributed by atoms with Crippen molar-refractivity contribution in [3.8, 4) is 10.6 Å². The van der Waals surface area contributed by atoms with Gasteiger partial charge in [0.1, 0.15) is 5.01 Å². The van der Waals surface area contributed by atoms with Crippen molar-refractivity contribution in [2.75, 3.05) is 11.9 Å². The Kier molecular flexibility index (Phi) is 5.42. The van der Waals surface area contributed by atoms with Crippen molar-refractivity contribution in [1.29, 1.82) is 0 Å². The van der Waals surface area contributed by atoms with Crippen molar-refractivity contribution in [3.05, 3.63) is 78.5 Å². The Morgan fingerprint density at radius 2 is 2.00 bits per heavy atom. The third-order valence-corrected chi connectivity index (χ3v) is 6.02. The average Bonchev–Trinajstić information content (AvgIpc) is 3.54. The average molecular weight is 431 g/mol. The lowest BCUT2D eigenvalue weighted by molar-refractivity contribution is 0.645. The minimum Gasteiger partial charge on any atom is -0.359 e. The lowest BCUT2D eigenvalue weighted by atomic mass is 10.1. The highest BCUT2D eigenvalue weighted by molar-refractivity contribution is 7.18. The van der Waals surface area contributed by atoms with E-state index in [9.17, 15) is 0 Å². The first-order valence-corrected chi connectivity index (χ1v) is 10.9. The lowest BCUT2D eigenvalue weighted by Gasteiger charge is -2.14. The number of hydrogen-bond acceptors (Lipinski definition) is 7. The maximum absolute atomic E-state index is 6.39. The van der Waals surface area contributed by atoms with Gasteiger partial charge in [0.15, 0.2) is 0 Å². The molecule has 0 fully saturated rings. The van der Waals surface area contributed by atoms with Crippen LogP contribution in [-0.2, 0) is 13.0 Å². The van der Waals surface area contributed by atoms with Gasteiger partial charge < -0.3 is 15.6 Å². The standard InChI is InChI=1S/C22H22N8S/c23-18(9-19-12-24-14-30(19)13-15-4-2-1-3-5-15)11-25-22-29-28-21(31-22)16-6-7-20-17(8-16)10-26-27-20/h1-8,10,12,14,18H,9,11,13,23H2,(H,25,29)(H,26,27). The van der Waals surface area contributed by atoms with E-state index in [1.165, 1.54) is 16.9 Å². The van der Waals surface area contributed by atoms with Crippen molar-refractivity contribution < 1.29 is 0 Å². The van der Waals surface area contributed by atoms with Crippen molar-refractivity contribution in [1.82, 2.24) is 29.9 Å². The monoisotopic (exact) mass is 430 g/mol. The van der Waals surface area contributed by atoms with Crippen LogP contribution in [0, 0.1) is 0 Å². The Hall–Kier alpha value is -3.56. The van der Waals surface area contributed by atoms with Crippen LogP contribution in [0.5, 0.6) is 0 Å². The Labute approximate surface area is 183 Å². The number of aromatic nitrogens is 6. The van der Waals surface area contributed by atoms with E-state index < -0.39 is 0 Å². The molecule has 0 spiro atoms. The summed E-state index contributed by atoms with van der Waals surface area (Å²) in [6.45, 7) is 1.39. The summed E-state index contributed by atoms with van der Waals surface area (Å²) in [6.07, 6.45) is 6.28. The van der Waals surface area contributed by atoms with Gasteiger partial charge in [-0.05, 0) is 23.8 Å². The molecule has 31 heavy (non-hydrogen) atoms. The second-order valence-corrected chi connectivity index (χ2v) is 8.41. The highest BCUT2D eigenvalue weighted by Gasteiger charge is 2.12. The van der Waals surface area contributed by atoms with E-state index in [-0.39, 0.29) is 6.04 Å². The summed E-state index contributed by atoms with van der Waals surface area (Å²) in [6, 6.07) is 16.4. The zero-order valence-corrected chi connectivity index (χ0v) is 17.6. The SMILES string of the molecule is NC(CNc1nnc(-c2ccc3[nH]ncc3c2)s1)Cc1cncn1Cc1ccccc1. The first kappa shape index (κ1) is 19.4. The Bertz CT molecular complexity index is 1270. The van der Waals surface area contributed by atoms with Gasteiger partial charge in [-0.2, -0.15) is 5.10 Å². The van der Waals surface area contributed by atoms with E-state index in [2.05, 4.69) is 53.5 Å². The molecule has 5 aromatic rings. The molecule has 0 radical (unpaired) electrons. The van der Waals surface area contributed by atoms with Gasteiger partial charge in [0.2, 0.25) is 5.13 Å². The number of anilines is 1. The van der Waals surface area contributed by atoms with Crippen LogP contribution >= 0.6 is 11.3 Å². The van der Waals surface area contributed by atoms with Crippen molar-refractivity contribution in [3.63, 3.8) is 0 Å². The van der Waals surface area contributed by atoms with Gasteiger partial charge >= 0.3 is 0 Å². The van der Waals surface area contributed by atoms with Crippen LogP contribution in [0.3, 0.4) is 0 Å². The van der Waals surface area contributed by atoms with Crippen molar-refractivity contribution >= 4 is 27.4 Å². The lowest BCUT2D eigenvalue weighted by Crippen LogP contribution is -2.32. The predicted octanol–water partition coefficient (Wildman–Crippen LogP) is 3.31. The van der Waals surface area contributed by atoms with E-state index >= 15 is 0 Å². The fraction of sp³-hybridized carbons (Fsp3) is 0.182. The number of fused-ring (bicyclic) bond motifs is 1. The Morgan fingerprint density at radius 3 is 2.90 bits per heavy atom. The smallest absolute Gasteiger partial charge is 0.206 e. The molecule has 9 heteroatoms. The summed E-state index contributed by atoms with van der Waals surface area (Å²) in [4.78, 5) is 4.30. The first-order chi connectivity index (χ1) is 15.2. The molecule has 8 nitrogen and oxygen atoms in total. The fourth-order valence-corrected chi connectivity index (χ4v) is 4.23. The molecule has 0 saturated heterocycles. The van der Waals surface area contributed by atoms with Gasteiger partial charge in [-0.1, -0.05) is 41.7 Å². The van der Waals surface area contributed by atoms with Gasteiger partial charge in [-0.3, -0.25) is 5.10 Å². The summed E-state index contributed by atoms with van der Waals surface area (Å²) < 4.78 is 2.14. The molecule has 0 aliphatic heterocycles. The van der Waals surface area contributed by atoms with Gasteiger partial charge in [0.05, 0.1) is 18.0 Å². The van der Waals surface area contributed by atoms with Crippen molar-refractivity contribution in [2.24, 2.45) is 5.73 Å². The molecule has 3 heterocycles. The third kappa shape index (κ3) is 4.47. The topological polar surface area (TPSA) is 110 Å². The predicted molar refractivity (Wildman–Crippen MR) is 123 cm³/mol. The summed E-state index contributed by atoms with van der Waals surface area (Å²) in [7, 11) is 0. The highest BCUT2D eigenvalue weighted by Crippen LogP contribution is 2.28. The molecular formula is C22H22N8S. The maximum atomic E-state index is 6.39. The second-order valence-electron chi connectivity index (χ2n) is 7.43. The molecule has 1 atom stereocenters. The van der Waals surface area contributed by atoms with Crippen molar-refractivity contribution in [2.45, 2.75) is 19.0 Å². The van der Waals surface area contributed by atoms with E-state index in [0.717, 1.165) is 45.3 Å². The van der Waals surface area contributed by atoms with Crippen LogP contribution in [0.15, 0.2) is 67.3 Å². The van der Waals surface area contributed by atoms with E-state index in [4.69, 9.17) is 5.73 Å². The quantitative estimate of drug-likeness (QED) is 0.348. The normalized spacial score (nSPS) is 12.3. The maximum Gasteiger partial charge on any atom is 0.206 e. The molecule has 4 N–H and O–H groups in total. The third-order valence-electron chi connectivity index (χ3n) is 5.09. The van der Waals surface area contributed by atoms with Crippen LogP contribution < -0.4 is 11.1 Å². The van der Waals surface area contributed by atoms with Crippen LogP contribution in [0.1, 0.15) is 11.3 Å². The number of rotatable bonds is 8. The number of nitrogens with one attached hydrogen (secondary N) is 2. The zero-order valence-electron chi connectivity index (χ0n) is 16.8. The highest BCUT2D eigenvalue weighted by atomic mass is 32.1. The summed E-state index contributed by atoms with van der Waals surface area (Å²) in [5, 5.41) is 21.6. The number of imidazole rings is 1. The fourth-order valence-electron chi connectivity index (χ4n) is 3.49. The van der Waals surface area contributed by atoms with Crippen LogP contribution in [0.2, 0.25) is 0 Å². The molecule has 3 aromatic heterocycles. The molecule has 0 aliphatic rings. The number of aromatic amines is 1. The van der Waals surface area contributed by atoms with Crippen LogP contribution in [0.4, 0.5) is 5.13 Å². The largest absolute Gasteiger partial charge is 0.359 e.